The summed E-state index contributed by atoms with van der Waals surface area (Å²) in [5, 5.41) is 0.552. The van der Waals surface area contributed by atoms with Crippen LogP contribution in [0.4, 0.5) is 0 Å². The summed E-state index contributed by atoms with van der Waals surface area (Å²) in [6.45, 7) is 0. The van der Waals surface area contributed by atoms with Gasteiger partial charge < -0.3 is 0 Å². The molecular formula is C7H4ClIN2. The Labute approximate surface area is 82.9 Å². The summed E-state index contributed by atoms with van der Waals surface area (Å²) in [5.41, 5.74) is 0.985. The van der Waals surface area contributed by atoms with E-state index in [1.165, 1.54) is 0 Å². The largest absolute Gasteiger partial charge is 0.245 e. The highest BCUT2D eigenvalue weighted by atomic mass is 127. The van der Waals surface area contributed by atoms with Crippen molar-refractivity contribution in [3.05, 3.63) is 21.0 Å². The highest BCUT2D eigenvalue weighted by Crippen LogP contribution is 2.26. The van der Waals surface area contributed by atoms with Crippen LogP contribution >= 0.6 is 34.2 Å². The van der Waals surface area contributed by atoms with Gasteiger partial charge in [0.2, 0.25) is 0 Å². The molecule has 0 aromatic rings. The second-order valence-electron chi connectivity index (χ2n) is 2.30. The number of fused-ring (bicyclic) bond motifs is 1. The van der Waals surface area contributed by atoms with Crippen LogP contribution in [-0.4, -0.2) is 11.9 Å². The Hall–Kier alpha value is -0.160. The zero-order valence-corrected chi connectivity index (χ0v) is 8.37. The molecule has 0 spiro atoms. The van der Waals surface area contributed by atoms with Crippen LogP contribution in [0.15, 0.2) is 31.0 Å². The normalized spacial score (nSPS) is 27.5. The topological polar surface area (TPSA) is 24.7 Å². The Morgan fingerprint density at radius 3 is 3.09 bits per heavy atom. The number of halogens is 2. The molecule has 2 aliphatic rings. The van der Waals surface area contributed by atoms with Crippen molar-refractivity contribution in [3.8, 4) is 0 Å². The number of hydrogen-bond donors (Lipinski definition) is 0. The first-order valence-electron chi connectivity index (χ1n) is 3.13. The maximum absolute atomic E-state index is 5.71. The molecular weight excluding hydrogens is 274 g/mol. The number of aliphatic imine (C=N–C) groups is 2. The van der Waals surface area contributed by atoms with Crippen molar-refractivity contribution < 1.29 is 0 Å². The highest BCUT2D eigenvalue weighted by Gasteiger charge is 2.19. The Bertz CT molecular complexity index is 314. The molecule has 0 saturated heterocycles. The van der Waals surface area contributed by atoms with Gasteiger partial charge in [-0.2, -0.15) is 0 Å². The van der Waals surface area contributed by atoms with E-state index >= 15 is 0 Å². The Kier molecular flexibility index (Phi) is 1.85. The number of nitrogens with zero attached hydrogens (tertiary/aromatic N) is 2. The molecule has 2 aliphatic heterocycles. The van der Waals surface area contributed by atoms with Crippen LogP contribution in [0.5, 0.6) is 0 Å². The predicted molar refractivity (Wildman–Crippen MR) is 55.5 cm³/mol. The lowest BCUT2D eigenvalue weighted by molar-refractivity contribution is 1.15. The summed E-state index contributed by atoms with van der Waals surface area (Å²) < 4.78 is 1.01. The van der Waals surface area contributed by atoms with Crippen LogP contribution in [0.3, 0.4) is 0 Å². The third-order valence-electron chi connectivity index (χ3n) is 1.53. The van der Waals surface area contributed by atoms with Gasteiger partial charge in [0, 0.05) is 5.92 Å². The molecule has 2 rings (SSSR count). The third-order valence-corrected chi connectivity index (χ3v) is 2.36. The average Bonchev–Trinajstić information content (AvgIpc) is 2.27. The van der Waals surface area contributed by atoms with Crippen molar-refractivity contribution in [2.24, 2.45) is 15.9 Å². The molecule has 0 N–H and O–H groups in total. The monoisotopic (exact) mass is 278 g/mol. The van der Waals surface area contributed by atoms with E-state index in [1.807, 2.05) is 6.08 Å². The molecule has 0 aliphatic carbocycles. The van der Waals surface area contributed by atoms with Crippen LogP contribution in [0, 0.1) is 5.92 Å². The first-order valence-corrected chi connectivity index (χ1v) is 4.59. The van der Waals surface area contributed by atoms with Crippen molar-refractivity contribution in [1.82, 2.24) is 0 Å². The fourth-order valence-corrected chi connectivity index (χ4v) is 1.89. The van der Waals surface area contributed by atoms with Gasteiger partial charge in [0.25, 0.3) is 0 Å². The summed E-state index contributed by atoms with van der Waals surface area (Å²) in [6, 6.07) is 0. The standard InChI is InChI=1S/C7H4ClIN2/c8-6-1-4-2-7(9)11-5(4)3-10-6/h1-4H/t4-/m1/s1. The Morgan fingerprint density at radius 2 is 2.27 bits per heavy atom. The maximum Gasteiger partial charge on any atom is 0.126 e. The molecule has 0 aromatic heterocycles. The van der Waals surface area contributed by atoms with Crippen molar-refractivity contribution in [2.75, 3.05) is 0 Å². The molecule has 0 bridgehead atoms. The van der Waals surface area contributed by atoms with Gasteiger partial charge in [-0.15, -0.1) is 0 Å². The first-order chi connectivity index (χ1) is 5.25. The van der Waals surface area contributed by atoms with Crippen LogP contribution in [0.2, 0.25) is 0 Å². The molecule has 0 saturated carbocycles. The third kappa shape index (κ3) is 1.39. The number of allylic oxidation sites excluding steroid dienone is 2. The van der Waals surface area contributed by atoms with E-state index in [2.05, 4.69) is 38.7 Å². The summed E-state index contributed by atoms with van der Waals surface area (Å²) >= 11 is 7.89. The molecule has 0 radical (unpaired) electrons. The molecule has 2 nitrogen and oxygen atoms in total. The molecule has 11 heavy (non-hydrogen) atoms. The van der Waals surface area contributed by atoms with E-state index in [0.717, 1.165) is 9.42 Å². The second kappa shape index (κ2) is 2.71. The van der Waals surface area contributed by atoms with E-state index < -0.39 is 0 Å². The smallest absolute Gasteiger partial charge is 0.126 e. The molecule has 0 fully saturated rings. The van der Waals surface area contributed by atoms with Crippen LogP contribution in [0.25, 0.3) is 0 Å². The number of hydrogen-bond acceptors (Lipinski definition) is 2. The molecule has 56 valence electrons. The van der Waals surface area contributed by atoms with Crippen LogP contribution < -0.4 is 0 Å². The van der Waals surface area contributed by atoms with Gasteiger partial charge in [-0.1, -0.05) is 11.6 Å². The van der Waals surface area contributed by atoms with E-state index in [4.69, 9.17) is 11.6 Å². The lowest BCUT2D eigenvalue weighted by Gasteiger charge is -2.05. The van der Waals surface area contributed by atoms with E-state index in [9.17, 15) is 0 Å². The SMILES string of the molecule is ClC1=C[C@@H]2C=C(I)N=C2C=N1. The molecule has 0 amide bonds. The van der Waals surface area contributed by atoms with E-state index in [-0.39, 0.29) is 5.92 Å². The van der Waals surface area contributed by atoms with E-state index in [1.54, 1.807) is 6.21 Å². The van der Waals surface area contributed by atoms with Gasteiger partial charge in [0.15, 0.2) is 0 Å². The second-order valence-corrected chi connectivity index (χ2v) is 3.79. The highest BCUT2D eigenvalue weighted by molar-refractivity contribution is 14.1. The molecule has 4 heteroatoms. The Balaban J connectivity index is 2.39. The van der Waals surface area contributed by atoms with Gasteiger partial charge in [-0.3, -0.25) is 0 Å². The van der Waals surface area contributed by atoms with Gasteiger partial charge >= 0.3 is 0 Å². The molecule has 0 unspecified atom stereocenters. The fourth-order valence-electron chi connectivity index (χ4n) is 1.04. The van der Waals surface area contributed by atoms with E-state index in [0.29, 0.717) is 5.16 Å². The maximum atomic E-state index is 5.71. The molecule has 2 heterocycles. The van der Waals surface area contributed by atoms with Crippen LogP contribution in [0.1, 0.15) is 0 Å². The summed E-state index contributed by atoms with van der Waals surface area (Å²) in [5.74, 6) is 0.256. The van der Waals surface area contributed by atoms with Crippen molar-refractivity contribution >= 4 is 46.1 Å². The van der Waals surface area contributed by atoms with Crippen molar-refractivity contribution in [1.29, 1.82) is 0 Å². The van der Waals surface area contributed by atoms with Gasteiger partial charge in [-0.25, -0.2) is 9.98 Å². The summed E-state index contributed by atoms with van der Waals surface area (Å²) in [7, 11) is 0. The Morgan fingerprint density at radius 1 is 1.45 bits per heavy atom. The van der Waals surface area contributed by atoms with Gasteiger partial charge in [-0.05, 0) is 34.7 Å². The minimum absolute atomic E-state index is 0.256. The minimum Gasteiger partial charge on any atom is -0.245 e. The fraction of sp³-hybridized carbons (Fsp3) is 0.143. The summed E-state index contributed by atoms with van der Waals surface area (Å²) in [4.78, 5) is 8.20. The number of rotatable bonds is 0. The van der Waals surface area contributed by atoms with Crippen molar-refractivity contribution in [3.63, 3.8) is 0 Å². The zero-order chi connectivity index (χ0) is 7.84. The first kappa shape index (κ1) is 7.49. The quantitative estimate of drug-likeness (QED) is 0.480. The lowest BCUT2D eigenvalue weighted by atomic mass is 10.0. The lowest BCUT2D eigenvalue weighted by Crippen LogP contribution is -2.11. The molecule has 0 aromatic carbocycles. The summed E-state index contributed by atoms with van der Waals surface area (Å²) in [6.07, 6.45) is 5.67. The molecule has 1 atom stereocenters. The zero-order valence-electron chi connectivity index (χ0n) is 5.46. The minimum atomic E-state index is 0.256. The van der Waals surface area contributed by atoms with Crippen LogP contribution in [-0.2, 0) is 0 Å². The van der Waals surface area contributed by atoms with Crippen molar-refractivity contribution in [2.45, 2.75) is 0 Å². The van der Waals surface area contributed by atoms with Gasteiger partial charge in [0.1, 0.15) is 5.16 Å². The van der Waals surface area contributed by atoms with Gasteiger partial charge in [0.05, 0.1) is 15.6 Å². The predicted octanol–water partition coefficient (Wildman–Crippen LogP) is 2.50. The average molecular weight is 278 g/mol.